The molecule has 3 heterocycles. The standard InChI is InChI=1S/C23H12F3N3O4S/c24-23(25,26)16-7-21(30)33-19-6-14(2-3-15(16)19)28-9-13(8-27)22-29-17(10-34-22)12-1-4-18-20(5-12)32-11-31-18/h1-7,9-10,28H,11H2. The molecular formula is C23H12F3N3O4S. The Labute approximate surface area is 193 Å². The van der Waals surface area contributed by atoms with Crippen LogP contribution in [-0.4, -0.2) is 11.8 Å². The Morgan fingerprint density at radius 2 is 1.97 bits per heavy atom. The second-order valence-electron chi connectivity index (χ2n) is 7.11. The maximum Gasteiger partial charge on any atom is 0.417 e. The van der Waals surface area contributed by atoms with Crippen molar-refractivity contribution < 1.29 is 27.1 Å². The quantitative estimate of drug-likeness (QED) is 0.296. The van der Waals surface area contributed by atoms with Crippen LogP contribution in [0.1, 0.15) is 10.6 Å². The van der Waals surface area contributed by atoms with E-state index in [0.29, 0.717) is 34.0 Å². The number of ether oxygens (including phenoxy) is 2. The lowest BCUT2D eigenvalue weighted by molar-refractivity contribution is -0.136. The van der Waals surface area contributed by atoms with Gasteiger partial charge in [-0.05, 0) is 30.3 Å². The average Bonchev–Trinajstić information content (AvgIpc) is 3.47. The smallest absolute Gasteiger partial charge is 0.417 e. The van der Waals surface area contributed by atoms with Gasteiger partial charge < -0.3 is 19.2 Å². The van der Waals surface area contributed by atoms with Gasteiger partial charge in [-0.15, -0.1) is 11.3 Å². The lowest BCUT2D eigenvalue weighted by atomic mass is 10.1. The highest BCUT2D eigenvalue weighted by atomic mass is 32.1. The van der Waals surface area contributed by atoms with Gasteiger partial charge in [-0.2, -0.15) is 18.4 Å². The zero-order valence-corrected chi connectivity index (χ0v) is 17.8. The van der Waals surface area contributed by atoms with Crippen molar-refractivity contribution in [1.29, 1.82) is 5.26 Å². The fourth-order valence-corrected chi connectivity index (χ4v) is 4.16. The van der Waals surface area contributed by atoms with E-state index in [9.17, 15) is 23.2 Å². The third-order valence-electron chi connectivity index (χ3n) is 4.96. The van der Waals surface area contributed by atoms with E-state index in [1.807, 2.05) is 12.1 Å². The molecule has 1 aliphatic rings. The number of thiazole rings is 1. The Hall–Kier alpha value is -4.30. The number of halogens is 3. The second kappa shape index (κ2) is 8.24. The third-order valence-corrected chi connectivity index (χ3v) is 5.83. The predicted octanol–water partition coefficient (Wildman–Crippen LogP) is 5.64. The maximum atomic E-state index is 13.2. The SMILES string of the molecule is N#CC(=CNc1ccc2c(C(F)(F)F)cc(=O)oc2c1)c1nc(-c2ccc3c(c2)OCO3)cs1. The van der Waals surface area contributed by atoms with E-state index in [1.165, 1.54) is 35.7 Å². The minimum atomic E-state index is -4.70. The first-order chi connectivity index (χ1) is 16.3. The van der Waals surface area contributed by atoms with Crippen LogP contribution in [0.5, 0.6) is 11.5 Å². The first kappa shape index (κ1) is 21.5. The molecule has 2 aromatic heterocycles. The Bertz CT molecular complexity index is 1550. The predicted molar refractivity (Wildman–Crippen MR) is 118 cm³/mol. The molecule has 11 heteroatoms. The van der Waals surface area contributed by atoms with E-state index < -0.39 is 17.4 Å². The molecule has 0 radical (unpaired) electrons. The molecule has 2 aromatic carbocycles. The van der Waals surface area contributed by atoms with Crippen molar-refractivity contribution in [2.75, 3.05) is 12.1 Å². The molecular weight excluding hydrogens is 471 g/mol. The maximum absolute atomic E-state index is 13.2. The summed E-state index contributed by atoms with van der Waals surface area (Å²) in [5, 5.41) is 14.4. The van der Waals surface area contributed by atoms with Crippen molar-refractivity contribution in [2.24, 2.45) is 0 Å². The van der Waals surface area contributed by atoms with Crippen LogP contribution in [-0.2, 0) is 6.18 Å². The van der Waals surface area contributed by atoms with Gasteiger partial charge >= 0.3 is 11.8 Å². The molecule has 1 N–H and O–H groups in total. The number of hydrogen-bond acceptors (Lipinski definition) is 8. The molecule has 0 spiro atoms. The van der Waals surface area contributed by atoms with E-state index in [-0.39, 0.29) is 23.3 Å². The minimum Gasteiger partial charge on any atom is -0.454 e. The number of rotatable bonds is 4. The molecule has 0 amide bonds. The van der Waals surface area contributed by atoms with Crippen LogP contribution in [0.15, 0.2) is 63.3 Å². The van der Waals surface area contributed by atoms with Gasteiger partial charge in [-0.25, -0.2) is 9.78 Å². The normalized spacial score (nSPS) is 13.2. The van der Waals surface area contributed by atoms with Gasteiger partial charge in [-0.3, -0.25) is 0 Å². The van der Waals surface area contributed by atoms with Crippen LogP contribution in [0.3, 0.4) is 0 Å². The molecule has 0 fully saturated rings. The first-order valence-corrected chi connectivity index (χ1v) is 10.6. The van der Waals surface area contributed by atoms with E-state index in [2.05, 4.69) is 10.3 Å². The fraction of sp³-hybridized carbons (Fsp3) is 0.0870. The van der Waals surface area contributed by atoms with E-state index in [1.54, 1.807) is 17.5 Å². The number of aromatic nitrogens is 1. The second-order valence-corrected chi connectivity index (χ2v) is 7.97. The van der Waals surface area contributed by atoms with Gasteiger partial charge in [0, 0.05) is 40.3 Å². The number of nitrogens with one attached hydrogen (secondary N) is 1. The zero-order chi connectivity index (χ0) is 23.9. The number of fused-ring (bicyclic) bond motifs is 2. The lowest BCUT2D eigenvalue weighted by Crippen LogP contribution is -2.11. The van der Waals surface area contributed by atoms with Gasteiger partial charge in [0.15, 0.2) is 11.5 Å². The summed E-state index contributed by atoms with van der Waals surface area (Å²) in [6, 6.07) is 11.7. The van der Waals surface area contributed by atoms with Crippen LogP contribution in [0.4, 0.5) is 18.9 Å². The van der Waals surface area contributed by atoms with Crippen LogP contribution < -0.4 is 20.4 Å². The van der Waals surface area contributed by atoms with Crippen molar-refractivity contribution in [2.45, 2.75) is 6.18 Å². The molecule has 1 aliphatic heterocycles. The summed E-state index contributed by atoms with van der Waals surface area (Å²) < 4.78 is 55.3. The number of nitriles is 1. The molecule has 0 atom stereocenters. The fourth-order valence-electron chi connectivity index (χ4n) is 3.37. The molecule has 0 bridgehead atoms. The van der Waals surface area contributed by atoms with Gasteiger partial charge in [0.25, 0.3) is 0 Å². The van der Waals surface area contributed by atoms with Crippen molar-refractivity contribution in [3.63, 3.8) is 0 Å². The summed E-state index contributed by atoms with van der Waals surface area (Å²) in [6.07, 6.45) is -3.31. The van der Waals surface area contributed by atoms with Crippen LogP contribution in [0.2, 0.25) is 0 Å². The van der Waals surface area contributed by atoms with Gasteiger partial charge in [0.1, 0.15) is 22.2 Å². The van der Waals surface area contributed by atoms with Crippen molar-refractivity contribution in [3.8, 4) is 28.8 Å². The van der Waals surface area contributed by atoms with Crippen molar-refractivity contribution in [1.82, 2.24) is 4.98 Å². The summed E-state index contributed by atoms with van der Waals surface area (Å²) in [4.78, 5) is 16.1. The summed E-state index contributed by atoms with van der Waals surface area (Å²) in [5.41, 5.74) is -0.427. The molecule has 0 saturated heterocycles. The number of benzene rings is 2. The van der Waals surface area contributed by atoms with Crippen LogP contribution in [0, 0.1) is 11.3 Å². The molecule has 4 aromatic rings. The van der Waals surface area contributed by atoms with Crippen molar-refractivity contribution >= 4 is 33.6 Å². The molecule has 0 aliphatic carbocycles. The highest BCUT2D eigenvalue weighted by Crippen LogP contribution is 2.37. The Morgan fingerprint density at radius 1 is 1.15 bits per heavy atom. The van der Waals surface area contributed by atoms with E-state index in [4.69, 9.17) is 13.9 Å². The summed E-state index contributed by atoms with van der Waals surface area (Å²) in [5.74, 6) is 1.26. The monoisotopic (exact) mass is 483 g/mol. The number of hydrogen-bond donors (Lipinski definition) is 1. The highest BCUT2D eigenvalue weighted by molar-refractivity contribution is 7.11. The molecule has 0 unspecified atom stereocenters. The Balaban J connectivity index is 1.41. The summed E-state index contributed by atoms with van der Waals surface area (Å²) in [7, 11) is 0. The molecule has 5 rings (SSSR count). The lowest BCUT2D eigenvalue weighted by Gasteiger charge is -2.10. The van der Waals surface area contributed by atoms with Crippen LogP contribution >= 0.6 is 11.3 Å². The third kappa shape index (κ3) is 4.06. The number of alkyl halides is 3. The largest absolute Gasteiger partial charge is 0.454 e. The summed E-state index contributed by atoms with van der Waals surface area (Å²) >= 11 is 1.26. The van der Waals surface area contributed by atoms with Gasteiger partial charge in [0.2, 0.25) is 6.79 Å². The Kier molecular flexibility index (Phi) is 5.22. The first-order valence-electron chi connectivity index (χ1n) is 9.70. The van der Waals surface area contributed by atoms with Crippen LogP contribution in [0.25, 0.3) is 27.8 Å². The average molecular weight is 483 g/mol. The number of anilines is 1. The molecule has 7 nitrogen and oxygen atoms in total. The van der Waals surface area contributed by atoms with Crippen molar-refractivity contribution in [3.05, 3.63) is 75.0 Å². The van der Waals surface area contributed by atoms with E-state index >= 15 is 0 Å². The Morgan fingerprint density at radius 3 is 2.76 bits per heavy atom. The minimum absolute atomic E-state index is 0.157. The zero-order valence-electron chi connectivity index (χ0n) is 17.0. The number of nitrogens with zero attached hydrogens (tertiary/aromatic N) is 2. The number of allylic oxidation sites excluding steroid dienone is 1. The molecule has 170 valence electrons. The van der Waals surface area contributed by atoms with Gasteiger partial charge in [0.05, 0.1) is 11.3 Å². The molecule has 34 heavy (non-hydrogen) atoms. The highest BCUT2D eigenvalue weighted by Gasteiger charge is 2.33. The molecule has 0 saturated carbocycles. The summed E-state index contributed by atoms with van der Waals surface area (Å²) in [6.45, 7) is 0.157. The topological polar surface area (TPSA) is 97.4 Å². The van der Waals surface area contributed by atoms with Gasteiger partial charge in [-0.1, -0.05) is 0 Å². The van der Waals surface area contributed by atoms with E-state index in [0.717, 1.165) is 5.56 Å².